The third kappa shape index (κ3) is 6.73. The molecule has 0 atom stereocenters. The molecule has 0 spiro atoms. The number of carbonyl (C=O) groups is 3. The van der Waals surface area contributed by atoms with Crippen LogP contribution in [0.4, 0.5) is 0 Å². The van der Waals surface area contributed by atoms with Crippen molar-refractivity contribution in [3.8, 4) is 0 Å². The van der Waals surface area contributed by atoms with E-state index < -0.39 is 18.8 Å². The number of nitrogens with zero attached hydrogens (tertiary/aromatic N) is 1. The molecule has 5 nitrogen and oxygen atoms in total. The van der Waals surface area contributed by atoms with E-state index in [1.165, 1.54) is 0 Å². The number of unbranched alkanes of at least 4 members (excludes halogenated alkanes) is 3. The summed E-state index contributed by atoms with van der Waals surface area (Å²) < 4.78 is 9.33. The van der Waals surface area contributed by atoms with E-state index in [1.54, 1.807) is 0 Å². The molecule has 0 unspecified atom stereocenters. The monoisotopic (exact) mass is 447 g/mol. The van der Waals surface area contributed by atoms with Gasteiger partial charge in [-0.15, -0.1) is 0 Å². The number of likely N-dealkylation sites (tertiary alicyclic amines) is 1. The van der Waals surface area contributed by atoms with Gasteiger partial charge in [0.2, 0.25) is 0 Å². The van der Waals surface area contributed by atoms with Crippen LogP contribution in [0.15, 0.2) is 0 Å². The average molecular weight is 446 g/mol. The van der Waals surface area contributed by atoms with Crippen LogP contribution >= 0.6 is 0 Å². The molecule has 6 heteroatoms. The fraction of sp³-hybridized carbons (Fsp3) is 0.833. The van der Waals surface area contributed by atoms with Crippen LogP contribution in [0.2, 0.25) is 13.3 Å². The van der Waals surface area contributed by atoms with Crippen LogP contribution in [0.1, 0.15) is 72.1 Å². The number of hydrogen-bond donors (Lipinski definition) is 0. The summed E-state index contributed by atoms with van der Waals surface area (Å²) in [6.07, 6.45) is 7.10. The molecule has 0 aromatic rings. The fourth-order valence-corrected chi connectivity index (χ4v) is 16.3. The van der Waals surface area contributed by atoms with E-state index in [1.807, 2.05) is 0 Å². The minimum atomic E-state index is -3.01. The zero-order valence-corrected chi connectivity index (χ0v) is 18.4. The first kappa shape index (κ1) is 21.5. The number of carbonyl (C=O) groups excluding carboxylic acids is 3. The van der Waals surface area contributed by atoms with Gasteiger partial charge in [-0.25, -0.2) is 0 Å². The predicted molar refractivity (Wildman–Crippen MR) is 96.9 cm³/mol. The van der Waals surface area contributed by atoms with E-state index in [0.717, 1.165) is 56.7 Å². The van der Waals surface area contributed by atoms with Gasteiger partial charge in [0.25, 0.3) is 0 Å². The molecule has 1 saturated heterocycles. The van der Waals surface area contributed by atoms with Crippen molar-refractivity contribution in [2.45, 2.75) is 85.4 Å². The Morgan fingerprint density at radius 1 is 0.917 bits per heavy atom. The van der Waals surface area contributed by atoms with E-state index in [4.69, 9.17) is 3.07 Å². The predicted octanol–water partition coefficient (Wildman–Crippen LogP) is 4.02. The van der Waals surface area contributed by atoms with Gasteiger partial charge in [0.05, 0.1) is 0 Å². The Morgan fingerprint density at radius 3 is 1.71 bits per heavy atom. The van der Waals surface area contributed by atoms with Gasteiger partial charge in [-0.3, -0.25) is 0 Å². The number of amides is 2. The van der Waals surface area contributed by atoms with E-state index in [-0.39, 0.29) is 37.2 Å². The van der Waals surface area contributed by atoms with Crippen LogP contribution in [-0.2, 0) is 17.5 Å². The molecule has 1 fully saturated rings. The van der Waals surface area contributed by atoms with E-state index >= 15 is 0 Å². The molecule has 0 aromatic heterocycles. The van der Waals surface area contributed by atoms with Gasteiger partial charge in [0.1, 0.15) is 0 Å². The van der Waals surface area contributed by atoms with Crippen molar-refractivity contribution in [3.05, 3.63) is 0 Å². The van der Waals surface area contributed by atoms with Crippen LogP contribution in [0.3, 0.4) is 0 Å². The Bertz CT molecular complexity index is 401. The summed E-state index contributed by atoms with van der Waals surface area (Å²) in [5.74, 6) is -0.834. The van der Waals surface area contributed by atoms with E-state index in [9.17, 15) is 14.4 Å². The summed E-state index contributed by atoms with van der Waals surface area (Å²) in [5, 5.41) is 0. The summed E-state index contributed by atoms with van der Waals surface area (Å²) in [4.78, 5) is 37.0. The first-order valence-electron chi connectivity index (χ1n) is 9.53. The van der Waals surface area contributed by atoms with Gasteiger partial charge in [0, 0.05) is 0 Å². The molecule has 24 heavy (non-hydrogen) atoms. The fourth-order valence-electron chi connectivity index (χ4n) is 3.23. The third-order valence-electron chi connectivity index (χ3n) is 4.73. The standard InChI is InChI=1S/C6H7NO4.3C4H9.Sn/c8-4-1-2-5(9)7(4)3-6(10)11;3*1-3-4-2;/h1-3H2,(H,10,11);3*1,3-4H2,2H3;/q;;;;+1/p-1. The molecule has 1 rings (SSSR count). The van der Waals surface area contributed by atoms with Crippen molar-refractivity contribution in [1.82, 2.24) is 4.90 Å². The zero-order chi connectivity index (χ0) is 18.0. The zero-order valence-electron chi connectivity index (χ0n) is 15.6. The van der Waals surface area contributed by atoms with Crippen molar-refractivity contribution in [3.63, 3.8) is 0 Å². The van der Waals surface area contributed by atoms with Crippen molar-refractivity contribution in [1.29, 1.82) is 0 Å². The quantitative estimate of drug-likeness (QED) is 0.336. The summed E-state index contributed by atoms with van der Waals surface area (Å²) in [5.41, 5.74) is 0. The second kappa shape index (κ2) is 11.1. The Balaban J connectivity index is 2.77. The Morgan fingerprint density at radius 2 is 1.33 bits per heavy atom. The van der Waals surface area contributed by atoms with Crippen LogP contribution in [0.5, 0.6) is 0 Å². The molecule has 2 amide bonds. The van der Waals surface area contributed by atoms with Crippen molar-refractivity contribution >= 4 is 36.6 Å². The van der Waals surface area contributed by atoms with Crippen molar-refractivity contribution in [2.24, 2.45) is 0 Å². The topological polar surface area (TPSA) is 63.7 Å². The molecule has 1 aliphatic rings. The Kier molecular flexibility index (Phi) is 9.93. The first-order chi connectivity index (χ1) is 11.5. The summed E-state index contributed by atoms with van der Waals surface area (Å²) >= 11 is -3.01. The van der Waals surface area contributed by atoms with Crippen LogP contribution in [0.25, 0.3) is 0 Å². The molecule has 0 saturated carbocycles. The molecule has 1 heterocycles. The molecule has 1 aliphatic heterocycles. The molecule has 0 N–H and O–H groups in total. The van der Waals surface area contributed by atoms with Crippen molar-refractivity contribution < 1.29 is 17.5 Å². The molecular formula is C18H33NO4Sn. The second-order valence-corrected chi connectivity index (χ2v) is 18.5. The van der Waals surface area contributed by atoms with Crippen molar-refractivity contribution in [2.75, 3.05) is 6.54 Å². The minimum absolute atomic E-state index is 0.180. The maximum atomic E-state index is 12.5. The first-order valence-corrected chi connectivity index (χ1v) is 16.7. The van der Waals surface area contributed by atoms with Gasteiger partial charge >= 0.3 is 151 Å². The molecular weight excluding hydrogens is 413 g/mol. The van der Waals surface area contributed by atoms with E-state index in [2.05, 4.69) is 20.8 Å². The van der Waals surface area contributed by atoms with Gasteiger partial charge in [-0.2, -0.15) is 0 Å². The molecule has 0 bridgehead atoms. The van der Waals surface area contributed by atoms with Gasteiger partial charge in [-0.1, -0.05) is 0 Å². The summed E-state index contributed by atoms with van der Waals surface area (Å²) in [6.45, 7) is 6.32. The summed E-state index contributed by atoms with van der Waals surface area (Å²) in [6, 6.07) is 0. The number of imide groups is 1. The normalized spacial score (nSPS) is 15.2. The van der Waals surface area contributed by atoms with Gasteiger partial charge in [0.15, 0.2) is 0 Å². The molecule has 138 valence electrons. The van der Waals surface area contributed by atoms with E-state index in [0.29, 0.717) is 0 Å². The summed E-state index contributed by atoms with van der Waals surface area (Å²) in [7, 11) is 0. The molecule has 0 radical (unpaired) electrons. The van der Waals surface area contributed by atoms with Crippen LogP contribution in [-0.4, -0.2) is 48.0 Å². The maximum absolute atomic E-state index is 12.5. The molecule has 0 aromatic carbocycles. The Labute approximate surface area is 150 Å². The third-order valence-corrected chi connectivity index (χ3v) is 17.4. The second-order valence-electron chi connectivity index (χ2n) is 6.84. The Hall–Kier alpha value is -0.591. The average Bonchev–Trinajstić information content (AvgIpc) is 2.88. The van der Waals surface area contributed by atoms with Gasteiger partial charge < -0.3 is 0 Å². The van der Waals surface area contributed by atoms with Crippen LogP contribution < -0.4 is 0 Å². The van der Waals surface area contributed by atoms with Gasteiger partial charge in [-0.05, 0) is 0 Å². The molecule has 0 aliphatic carbocycles. The van der Waals surface area contributed by atoms with Crippen LogP contribution in [0, 0.1) is 0 Å². The number of rotatable bonds is 12. The SMILES string of the molecule is CCC[CH2][Sn]([CH2]CCC)([CH2]CCC)[O]C(=O)CN1C(=O)CCC1=O. The number of hydrogen-bond acceptors (Lipinski definition) is 4.